The molecule has 158 valence electrons. The van der Waals surface area contributed by atoms with Crippen molar-refractivity contribution in [2.75, 3.05) is 0 Å². The van der Waals surface area contributed by atoms with Gasteiger partial charge in [-0.15, -0.1) is 6.58 Å². The van der Waals surface area contributed by atoms with Gasteiger partial charge in [-0.25, -0.2) is 0 Å². The summed E-state index contributed by atoms with van der Waals surface area (Å²) in [7, 11) is 0. The first-order valence-electron chi connectivity index (χ1n) is 11.1. The van der Waals surface area contributed by atoms with E-state index in [1.807, 2.05) is 0 Å². The predicted octanol–water partition coefficient (Wildman–Crippen LogP) is 2.49. The molecule has 0 fully saturated rings. The summed E-state index contributed by atoms with van der Waals surface area (Å²) in [5.41, 5.74) is 0. The molecule has 0 spiro atoms. The van der Waals surface area contributed by atoms with Gasteiger partial charge < -0.3 is 14.6 Å². The first-order valence-corrected chi connectivity index (χ1v) is 11.1. The number of carboxylic acid groups (broad SMARTS) is 1. The molecular weight excluding hydrogens is 363 g/mol. The van der Waals surface area contributed by atoms with Crippen molar-refractivity contribution >= 4 is 11.9 Å². The van der Waals surface area contributed by atoms with Gasteiger partial charge in [-0.05, 0) is 19.3 Å². The van der Waals surface area contributed by atoms with Gasteiger partial charge in [0.15, 0.2) is 0 Å². The largest absolute Gasteiger partial charge is 1.00 e. The third kappa shape index (κ3) is 22.0. The Hall–Kier alpha value is -0.320. The monoisotopic (exact) mass is 404 g/mol. The molecule has 0 saturated heterocycles. The van der Waals surface area contributed by atoms with Crippen LogP contribution in [0.4, 0.5) is 0 Å². The molecule has 4 nitrogen and oxygen atoms in total. The van der Waals surface area contributed by atoms with Gasteiger partial charge >= 0.3 is 35.5 Å². The average Bonchev–Trinajstić information content (AvgIpc) is 2.64. The quantitative estimate of drug-likeness (QED) is 0.135. The molecule has 0 aliphatic heterocycles. The fraction of sp³-hybridized carbons (Fsp3) is 0.826. The fourth-order valence-electron chi connectivity index (χ4n) is 3.25. The Morgan fingerprint density at radius 1 is 0.857 bits per heavy atom. The van der Waals surface area contributed by atoms with Gasteiger partial charge in [-0.3, -0.25) is 4.79 Å². The molecule has 28 heavy (non-hydrogen) atoms. The van der Waals surface area contributed by atoms with Gasteiger partial charge in [0.05, 0.1) is 6.42 Å². The SMILES string of the molecule is C=CCC(CCCCCCCCCCCCCCC)OC(=O)CCC(=O)[O-].[Na+]. The maximum atomic E-state index is 11.6. The Morgan fingerprint density at radius 3 is 1.75 bits per heavy atom. The maximum Gasteiger partial charge on any atom is 1.00 e. The summed E-state index contributed by atoms with van der Waals surface area (Å²) >= 11 is 0. The molecule has 0 heterocycles. The van der Waals surface area contributed by atoms with E-state index >= 15 is 0 Å². The van der Waals surface area contributed by atoms with E-state index in [-0.39, 0.29) is 48.5 Å². The van der Waals surface area contributed by atoms with E-state index in [2.05, 4.69) is 13.5 Å². The van der Waals surface area contributed by atoms with Gasteiger partial charge in [0, 0.05) is 12.4 Å². The van der Waals surface area contributed by atoms with Crippen LogP contribution in [-0.4, -0.2) is 18.0 Å². The van der Waals surface area contributed by atoms with Crippen LogP contribution in [0.2, 0.25) is 0 Å². The summed E-state index contributed by atoms with van der Waals surface area (Å²) in [6, 6.07) is 0. The van der Waals surface area contributed by atoms with Gasteiger partial charge in [-0.2, -0.15) is 0 Å². The number of carbonyl (C=O) groups is 2. The number of carboxylic acids is 1. The molecule has 0 aliphatic rings. The normalized spacial score (nSPS) is 11.5. The first-order chi connectivity index (χ1) is 13.1. The Morgan fingerprint density at radius 2 is 1.32 bits per heavy atom. The molecule has 1 unspecified atom stereocenters. The zero-order valence-electron chi connectivity index (χ0n) is 18.5. The van der Waals surface area contributed by atoms with Crippen LogP contribution >= 0.6 is 0 Å². The molecule has 0 aliphatic carbocycles. The molecule has 0 bridgehead atoms. The number of hydrogen-bond donors (Lipinski definition) is 0. The van der Waals surface area contributed by atoms with Crippen LogP contribution in [0.15, 0.2) is 12.7 Å². The molecule has 0 aromatic rings. The summed E-state index contributed by atoms with van der Waals surface area (Å²) in [6.45, 7) is 5.96. The number of aliphatic carboxylic acids is 1. The zero-order valence-corrected chi connectivity index (χ0v) is 20.5. The Bertz CT molecular complexity index is 385. The van der Waals surface area contributed by atoms with Crippen LogP contribution < -0.4 is 34.7 Å². The van der Waals surface area contributed by atoms with E-state index in [0.29, 0.717) is 6.42 Å². The van der Waals surface area contributed by atoms with Crippen LogP contribution in [0.1, 0.15) is 116 Å². The molecule has 0 rings (SSSR count). The second-order valence-corrected chi connectivity index (χ2v) is 7.54. The number of rotatable bonds is 20. The molecule has 0 radical (unpaired) electrons. The van der Waals surface area contributed by atoms with E-state index < -0.39 is 11.9 Å². The molecule has 5 heteroatoms. The second-order valence-electron chi connectivity index (χ2n) is 7.54. The van der Waals surface area contributed by atoms with E-state index in [4.69, 9.17) is 4.74 Å². The summed E-state index contributed by atoms with van der Waals surface area (Å²) in [5, 5.41) is 10.4. The van der Waals surface area contributed by atoms with Crippen LogP contribution in [-0.2, 0) is 14.3 Å². The van der Waals surface area contributed by atoms with Gasteiger partial charge in [0.25, 0.3) is 0 Å². The maximum absolute atomic E-state index is 11.6. The van der Waals surface area contributed by atoms with E-state index in [1.54, 1.807) is 6.08 Å². The Balaban J connectivity index is 0. The zero-order chi connectivity index (χ0) is 20.2. The van der Waals surface area contributed by atoms with Crippen molar-refractivity contribution in [3.05, 3.63) is 12.7 Å². The summed E-state index contributed by atoms with van der Waals surface area (Å²) < 4.78 is 5.35. The summed E-state index contributed by atoms with van der Waals surface area (Å²) in [5.74, 6) is -1.68. The summed E-state index contributed by atoms with van der Waals surface area (Å²) in [6.07, 6.45) is 19.6. The smallest absolute Gasteiger partial charge is 0.550 e. The molecule has 0 aromatic heterocycles. The number of hydrogen-bond acceptors (Lipinski definition) is 4. The molecule has 0 N–H and O–H groups in total. The van der Waals surface area contributed by atoms with E-state index in [1.165, 1.54) is 70.6 Å². The molecule has 0 aromatic carbocycles. The minimum Gasteiger partial charge on any atom is -0.550 e. The van der Waals surface area contributed by atoms with Crippen LogP contribution in [0.25, 0.3) is 0 Å². The molecular formula is C23H41NaO4. The number of carbonyl (C=O) groups excluding carboxylic acids is 2. The van der Waals surface area contributed by atoms with Gasteiger partial charge in [0.1, 0.15) is 6.10 Å². The van der Waals surface area contributed by atoms with Crippen LogP contribution in [0.5, 0.6) is 0 Å². The third-order valence-corrected chi connectivity index (χ3v) is 4.89. The molecule has 0 saturated carbocycles. The molecule has 1 atom stereocenters. The third-order valence-electron chi connectivity index (χ3n) is 4.89. The Labute approximate surface area is 195 Å². The van der Waals surface area contributed by atoms with Crippen LogP contribution in [0.3, 0.4) is 0 Å². The second kappa shape index (κ2) is 23.0. The van der Waals surface area contributed by atoms with Crippen molar-refractivity contribution in [3.8, 4) is 0 Å². The molecule has 0 amide bonds. The topological polar surface area (TPSA) is 66.4 Å². The number of ether oxygens (including phenoxy) is 1. The van der Waals surface area contributed by atoms with Gasteiger partial charge in [-0.1, -0.05) is 90.0 Å². The number of unbranched alkanes of at least 4 members (excludes halogenated alkanes) is 12. The van der Waals surface area contributed by atoms with Crippen molar-refractivity contribution in [2.24, 2.45) is 0 Å². The summed E-state index contributed by atoms with van der Waals surface area (Å²) in [4.78, 5) is 22.0. The number of esters is 1. The predicted molar refractivity (Wildman–Crippen MR) is 109 cm³/mol. The van der Waals surface area contributed by atoms with Crippen molar-refractivity contribution in [1.82, 2.24) is 0 Å². The van der Waals surface area contributed by atoms with Crippen LogP contribution in [0, 0.1) is 0 Å². The Kier molecular flexibility index (Phi) is 24.5. The average molecular weight is 405 g/mol. The standard InChI is InChI=1S/C23H42O4.Na/c1-3-5-6-7-8-9-10-11-12-13-14-15-16-18-21(17-4-2)27-23(26)20-19-22(24)25;/h4,21H,2-3,5-20H2,1H3,(H,24,25);/q;+1/p-1. The fourth-order valence-corrected chi connectivity index (χ4v) is 3.25. The minimum absolute atomic E-state index is 0. The van der Waals surface area contributed by atoms with E-state index in [9.17, 15) is 14.7 Å². The van der Waals surface area contributed by atoms with E-state index in [0.717, 1.165) is 19.3 Å². The van der Waals surface area contributed by atoms with Crippen molar-refractivity contribution in [2.45, 2.75) is 122 Å². The van der Waals surface area contributed by atoms with Crippen molar-refractivity contribution in [1.29, 1.82) is 0 Å². The minimum atomic E-state index is -1.22. The first kappa shape index (κ1) is 29.9. The van der Waals surface area contributed by atoms with Gasteiger partial charge in [0.2, 0.25) is 0 Å². The van der Waals surface area contributed by atoms with Crippen molar-refractivity contribution in [3.63, 3.8) is 0 Å². The van der Waals surface area contributed by atoms with Crippen molar-refractivity contribution < 1.29 is 49.0 Å².